The molecule has 4 nitrogen and oxygen atoms in total. The van der Waals surface area contributed by atoms with Crippen LogP contribution < -0.4 is 10.6 Å². The Hall–Kier alpha value is -0.580. The predicted octanol–water partition coefficient (Wildman–Crippen LogP) is 2.92. The Balaban J connectivity index is 4.04. The number of hydrogen-bond acceptors (Lipinski definition) is 2. The van der Waals surface area contributed by atoms with Crippen LogP contribution in [0.15, 0.2) is 4.99 Å². The van der Waals surface area contributed by atoms with E-state index in [1.807, 2.05) is 20.8 Å². The first-order chi connectivity index (χ1) is 9.85. The molecule has 0 heterocycles. The summed E-state index contributed by atoms with van der Waals surface area (Å²) in [7, 11) is 0.961. The van der Waals surface area contributed by atoms with E-state index in [1.165, 1.54) is 25.7 Å². The minimum atomic E-state index is -0.820. The molecule has 0 radical (unpaired) electrons. The van der Waals surface area contributed by atoms with Gasteiger partial charge in [-0.1, -0.05) is 33.1 Å². The molecule has 0 aliphatic rings. The van der Waals surface area contributed by atoms with Gasteiger partial charge in [0.25, 0.3) is 0 Å². The molecule has 0 amide bonds. The van der Waals surface area contributed by atoms with Crippen LogP contribution in [0, 0.1) is 5.92 Å². The molecule has 0 aromatic rings. The maximum Gasteiger partial charge on any atom is 0.191 e. The van der Waals surface area contributed by atoms with Gasteiger partial charge in [0.2, 0.25) is 0 Å². The minimum absolute atomic E-state index is 0.147. The van der Waals surface area contributed by atoms with Gasteiger partial charge < -0.3 is 10.6 Å². The van der Waals surface area contributed by atoms with E-state index in [-0.39, 0.29) is 4.75 Å². The van der Waals surface area contributed by atoms with Crippen LogP contribution in [0.2, 0.25) is 0 Å². The van der Waals surface area contributed by atoms with E-state index in [9.17, 15) is 4.21 Å². The fourth-order valence-electron chi connectivity index (χ4n) is 1.97. The highest BCUT2D eigenvalue weighted by Gasteiger charge is 2.18. The summed E-state index contributed by atoms with van der Waals surface area (Å²) in [4.78, 5) is 4.23. The average molecular weight is 318 g/mol. The molecule has 0 aliphatic carbocycles. The van der Waals surface area contributed by atoms with Gasteiger partial charge in [0.1, 0.15) is 0 Å². The van der Waals surface area contributed by atoms with Crippen molar-refractivity contribution in [2.75, 3.05) is 25.9 Å². The number of rotatable bonds is 9. The van der Waals surface area contributed by atoms with Gasteiger partial charge in [0.15, 0.2) is 5.96 Å². The maximum atomic E-state index is 12.0. The van der Waals surface area contributed by atoms with Crippen LogP contribution in [0.3, 0.4) is 0 Å². The van der Waals surface area contributed by atoms with E-state index in [2.05, 4.69) is 29.5 Å². The van der Waals surface area contributed by atoms with Gasteiger partial charge >= 0.3 is 0 Å². The minimum Gasteiger partial charge on any atom is -0.356 e. The molecule has 0 saturated carbocycles. The van der Waals surface area contributed by atoms with Gasteiger partial charge in [0.05, 0.1) is 0 Å². The van der Waals surface area contributed by atoms with Crippen LogP contribution in [0.5, 0.6) is 0 Å². The van der Waals surface area contributed by atoms with Gasteiger partial charge in [-0.05, 0) is 33.1 Å². The van der Waals surface area contributed by atoms with Crippen molar-refractivity contribution in [2.45, 2.75) is 65.0 Å². The SMILES string of the molecule is CCCCC(CC)CNC(=NC)NCCS(=O)C(C)(C)C. The van der Waals surface area contributed by atoms with Crippen molar-refractivity contribution >= 4 is 16.8 Å². The zero-order chi connectivity index (χ0) is 16.3. The second-order valence-electron chi connectivity index (χ2n) is 6.46. The third kappa shape index (κ3) is 9.88. The first-order valence-electron chi connectivity index (χ1n) is 8.18. The summed E-state index contributed by atoms with van der Waals surface area (Å²) >= 11 is 0. The first kappa shape index (κ1) is 20.4. The predicted molar refractivity (Wildman–Crippen MR) is 95.4 cm³/mol. The molecule has 21 heavy (non-hydrogen) atoms. The van der Waals surface area contributed by atoms with E-state index in [0.717, 1.165) is 12.5 Å². The van der Waals surface area contributed by atoms with Gasteiger partial charge in [0, 0.05) is 41.4 Å². The molecule has 0 fully saturated rings. The number of unbranched alkanes of at least 4 members (excludes halogenated alkanes) is 1. The van der Waals surface area contributed by atoms with Crippen LogP contribution in [0.4, 0.5) is 0 Å². The van der Waals surface area contributed by atoms with E-state index < -0.39 is 10.8 Å². The number of aliphatic imine (C=N–C) groups is 1. The summed E-state index contributed by atoms with van der Waals surface area (Å²) in [5, 5.41) is 6.64. The lowest BCUT2D eigenvalue weighted by Gasteiger charge is -2.20. The van der Waals surface area contributed by atoms with Gasteiger partial charge in [-0.2, -0.15) is 0 Å². The summed E-state index contributed by atoms with van der Waals surface area (Å²) in [6, 6.07) is 0. The molecule has 0 spiro atoms. The zero-order valence-electron chi connectivity index (χ0n) is 14.8. The first-order valence-corrected chi connectivity index (χ1v) is 9.50. The van der Waals surface area contributed by atoms with Gasteiger partial charge in [-0.25, -0.2) is 0 Å². The van der Waals surface area contributed by atoms with Crippen LogP contribution in [0.25, 0.3) is 0 Å². The summed E-state index contributed by atoms with van der Waals surface area (Å²) in [5.74, 6) is 2.17. The normalized spacial score (nSPS) is 15.6. The fourth-order valence-corrected chi connectivity index (χ4v) is 2.87. The van der Waals surface area contributed by atoms with Crippen molar-refractivity contribution < 1.29 is 4.21 Å². The zero-order valence-corrected chi connectivity index (χ0v) is 15.6. The number of hydrogen-bond donors (Lipinski definition) is 2. The largest absolute Gasteiger partial charge is 0.356 e. The highest BCUT2D eigenvalue weighted by atomic mass is 32.2. The number of nitrogens with one attached hydrogen (secondary N) is 2. The molecule has 5 heteroatoms. The fraction of sp³-hybridized carbons (Fsp3) is 0.938. The van der Waals surface area contributed by atoms with Crippen molar-refractivity contribution in [2.24, 2.45) is 10.9 Å². The molecular formula is C16H35N3OS. The molecule has 2 atom stereocenters. The van der Waals surface area contributed by atoms with Gasteiger partial charge in [-0.15, -0.1) is 0 Å². The van der Waals surface area contributed by atoms with Crippen molar-refractivity contribution in [1.29, 1.82) is 0 Å². The van der Waals surface area contributed by atoms with E-state index in [1.54, 1.807) is 7.05 Å². The average Bonchev–Trinajstić information content (AvgIpc) is 2.44. The quantitative estimate of drug-likeness (QED) is 0.508. The Bertz CT molecular complexity index is 324. The molecule has 2 unspecified atom stereocenters. The van der Waals surface area contributed by atoms with Gasteiger partial charge in [-0.3, -0.25) is 9.20 Å². The van der Waals surface area contributed by atoms with E-state index in [0.29, 0.717) is 18.2 Å². The van der Waals surface area contributed by atoms with E-state index >= 15 is 0 Å². The smallest absolute Gasteiger partial charge is 0.191 e. The summed E-state index contributed by atoms with van der Waals surface area (Å²) in [6.07, 6.45) is 5.00. The molecule has 0 bridgehead atoms. The highest BCUT2D eigenvalue weighted by Crippen LogP contribution is 2.11. The lowest BCUT2D eigenvalue weighted by molar-refractivity contribution is 0.444. The summed E-state index contributed by atoms with van der Waals surface area (Å²) in [6.45, 7) is 12.1. The Kier molecular flexibility index (Phi) is 10.7. The molecular weight excluding hydrogens is 282 g/mol. The Morgan fingerprint density at radius 1 is 1.24 bits per heavy atom. The second kappa shape index (κ2) is 11.0. The molecule has 126 valence electrons. The Morgan fingerprint density at radius 2 is 1.90 bits per heavy atom. The Morgan fingerprint density at radius 3 is 2.38 bits per heavy atom. The van der Waals surface area contributed by atoms with Crippen LogP contribution in [0.1, 0.15) is 60.3 Å². The number of nitrogens with zero attached hydrogens (tertiary/aromatic N) is 1. The molecule has 2 N–H and O–H groups in total. The summed E-state index contributed by atoms with van der Waals surface area (Å²) in [5.41, 5.74) is 0. The van der Waals surface area contributed by atoms with Crippen molar-refractivity contribution in [1.82, 2.24) is 10.6 Å². The van der Waals surface area contributed by atoms with Crippen molar-refractivity contribution in [3.63, 3.8) is 0 Å². The molecule has 0 aromatic heterocycles. The Labute approximate surface area is 134 Å². The van der Waals surface area contributed by atoms with E-state index in [4.69, 9.17) is 0 Å². The molecule has 0 rings (SSSR count). The van der Waals surface area contributed by atoms with Crippen LogP contribution in [-0.4, -0.2) is 40.8 Å². The third-order valence-corrected chi connectivity index (χ3v) is 5.53. The molecule has 0 saturated heterocycles. The summed E-state index contributed by atoms with van der Waals surface area (Å²) < 4.78 is 11.8. The maximum absolute atomic E-state index is 12.0. The van der Waals surface area contributed by atoms with Crippen LogP contribution >= 0.6 is 0 Å². The third-order valence-electron chi connectivity index (χ3n) is 3.59. The monoisotopic (exact) mass is 317 g/mol. The highest BCUT2D eigenvalue weighted by molar-refractivity contribution is 7.86. The lowest BCUT2D eigenvalue weighted by atomic mass is 9.99. The van der Waals surface area contributed by atoms with Crippen LogP contribution in [-0.2, 0) is 10.8 Å². The lowest BCUT2D eigenvalue weighted by Crippen LogP contribution is -2.42. The topological polar surface area (TPSA) is 53.5 Å². The molecule has 0 aromatic carbocycles. The molecule has 0 aliphatic heterocycles. The standard InChI is InChI=1S/C16H35N3OS/c1-7-9-10-14(8-2)13-19-15(17-6)18-11-12-21(20)16(3,4)5/h14H,7-13H2,1-6H3,(H2,17,18,19). The second-order valence-corrected chi connectivity index (χ2v) is 8.78. The van der Waals surface area contributed by atoms with Crippen molar-refractivity contribution in [3.8, 4) is 0 Å². The van der Waals surface area contributed by atoms with Crippen molar-refractivity contribution in [3.05, 3.63) is 0 Å². The number of guanidine groups is 1.